The molecule has 2 aromatic rings. The van der Waals surface area contributed by atoms with Crippen LogP contribution in [0.4, 0.5) is 0 Å². The van der Waals surface area contributed by atoms with Crippen molar-refractivity contribution in [1.82, 2.24) is 10.2 Å². The summed E-state index contributed by atoms with van der Waals surface area (Å²) in [6.45, 7) is 0.596. The van der Waals surface area contributed by atoms with E-state index in [0.717, 1.165) is 16.6 Å². The van der Waals surface area contributed by atoms with Crippen LogP contribution in [-0.2, 0) is 0 Å². The van der Waals surface area contributed by atoms with E-state index in [1.54, 1.807) is 0 Å². The number of benzene rings is 1. The molecule has 0 radical (unpaired) electrons. The first-order valence-corrected chi connectivity index (χ1v) is 4.54. The molecule has 0 saturated heterocycles. The number of rotatable bonds is 1. The third-order valence-corrected chi connectivity index (χ3v) is 1.94. The Hall–Kier alpha value is -1.79. The molecule has 0 aliphatic heterocycles. The van der Waals surface area contributed by atoms with Crippen molar-refractivity contribution in [3.63, 3.8) is 0 Å². The standard InChI is InChI=1S/C11H11N3/c12-8-4-3-7-11-9-5-1-2-6-10(9)13-14-11/h1-2,5-6H,4,8,12H2,(H,13,14). The summed E-state index contributed by atoms with van der Waals surface area (Å²) in [5, 5.41) is 8.11. The fourth-order valence-electron chi connectivity index (χ4n) is 1.28. The number of para-hydroxylation sites is 1. The van der Waals surface area contributed by atoms with Crippen LogP contribution in [0.1, 0.15) is 12.1 Å². The zero-order chi connectivity index (χ0) is 9.80. The van der Waals surface area contributed by atoms with Gasteiger partial charge >= 0.3 is 0 Å². The van der Waals surface area contributed by atoms with Crippen molar-refractivity contribution < 1.29 is 0 Å². The molecule has 0 saturated carbocycles. The van der Waals surface area contributed by atoms with Gasteiger partial charge in [-0.3, -0.25) is 5.10 Å². The molecule has 0 aliphatic rings. The molecule has 0 spiro atoms. The first-order chi connectivity index (χ1) is 6.92. The highest BCUT2D eigenvalue weighted by atomic mass is 15.1. The Labute approximate surface area is 82.3 Å². The molecule has 3 N–H and O–H groups in total. The summed E-state index contributed by atoms with van der Waals surface area (Å²) in [6, 6.07) is 7.90. The molecular formula is C11H11N3. The Kier molecular flexibility index (Phi) is 2.48. The molecule has 0 aliphatic carbocycles. The van der Waals surface area contributed by atoms with Gasteiger partial charge in [0.1, 0.15) is 5.69 Å². The molecule has 1 heterocycles. The van der Waals surface area contributed by atoms with Gasteiger partial charge in [0.25, 0.3) is 0 Å². The van der Waals surface area contributed by atoms with E-state index < -0.39 is 0 Å². The minimum Gasteiger partial charge on any atom is -0.330 e. The number of nitrogens with two attached hydrogens (primary N) is 1. The molecule has 0 amide bonds. The molecule has 14 heavy (non-hydrogen) atoms. The van der Waals surface area contributed by atoms with Crippen LogP contribution in [-0.4, -0.2) is 16.7 Å². The third-order valence-electron chi connectivity index (χ3n) is 1.94. The lowest BCUT2D eigenvalue weighted by atomic mass is 10.2. The second-order valence-corrected chi connectivity index (χ2v) is 2.96. The van der Waals surface area contributed by atoms with Crippen molar-refractivity contribution in [2.75, 3.05) is 6.54 Å². The number of aromatic nitrogens is 2. The Morgan fingerprint density at radius 3 is 3.07 bits per heavy atom. The van der Waals surface area contributed by atoms with Gasteiger partial charge in [-0.05, 0) is 18.1 Å². The molecule has 3 nitrogen and oxygen atoms in total. The molecular weight excluding hydrogens is 174 g/mol. The molecule has 1 aromatic carbocycles. The summed E-state index contributed by atoms with van der Waals surface area (Å²) in [5.74, 6) is 6.00. The number of aromatic amines is 1. The molecule has 3 heteroatoms. The highest BCUT2D eigenvalue weighted by molar-refractivity contribution is 5.83. The highest BCUT2D eigenvalue weighted by Gasteiger charge is 1.99. The number of nitrogens with one attached hydrogen (secondary N) is 1. The predicted molar refractivity (Wildman–Crippen MR) is 56.6 cm³/mol. The van der Waals surface area contributed by atoms with Crippen molar-refractivity contribution in [2.24, 2.45) is 5.73 Å². The maximum atomic E-state index is 5.35. The lowest BCUT2D eigenvalue weighted by Crippen LogP contribution is -1.95. The van der Waals surface area contributed by atoms with E-state index in [0.29, 0.717) is 13.0 Å². The fraction of sp³-hybridized carbons (Fsp3) is 0.182. The van der Waals surface area contributed by atoms with Gasteiger partial charge in [0.15, 0.2) is 0 Å². The number of H-pyrrole nitrogens is 1. The van der Waals surface area contributed by atoms with Gasteiger partial charge in [-0.15, -0.1) is 0 Å². The van der Waals surface area contributed by atoms with Crippen LogP contribution in [0.3, 0.4) is 0 Å². The van der Waals surface area contributed by atoms with Gasteiger partial charge < -0.3 is 5.73 Å². The summed E-state index contributed by atoms with van der Waals surface area (Å²) >= 11 is 0. The average molecular weight is 185 g/mol. The molecule has 0 atom stereocenters. The zero-order valence-corrected chi connectivity index (χ0v) is 7.75. The van der Waals surface area contributed by atoms with Gasteiger partial charge in [-0.2, -0.15) is 5.10 Å². The second-order valence-electron chi connectivity index (χ2n) is 2.96. The lowest BCUT2D eigenvalue weighted by molar-refractivity contribution is 1.03. The van der Waals surface area contributed by atoms with Gasteiger partial charge in [-0.25, -0.2) is 0 Å². The SMILES string of the molecule is NCCC#Cc1[nH]nc2ccccc12. The monoisotopic (exact) mass is 185 g/mol. The third kappa shape index (κ3) is 1.61. The van der Waals surface area contributed by atoms with Crippen LogP contribution in [0.15, 0.2) is 24.3 Å². The van der Waals surface area contributed by atoms with E-state index in [2.05, 4.69) is 22.0 Å². The van der Waals surface area contributed by atoms with E-state index in [1.165, 1.54) is 0 Å². The molecule has 0 fully saturated rings. The quantitative estimate of drug-likeness (QED) is 0.657. The van der Waals surface area contributed by atoms with E-state index in [1.807, 2.05) is 24.3 Å². The van der Waals surface area contributed by atoms with Crippen molar-refractivity contribution in [1.29, 1.82) is 0 Å². The van der Waals surface area contributed by atoms with Crippen molar-refractivity contribution >= 4 is 10.9 Å². The van der Waals surface area contributed by atoms with E-state index >= 15 is 0 Å². The smallest absolute Gasteiger partial charge is 0.115 e. The van der Waals surface area contributed by atoms with Crippen LogP contribution in [0, 0.1) is 11.8 Å². The van der Waals surface area contributed by atoms with Crippen LogP contribution in [0.25, 0.3) is 10.9 Å². The topological polar surface area (TPSA) is 54.7 Å². The van der Waals surface area contributed by atoms with E-state index in [9.17, 15) is 0 Å². The minimum absolute atomic E-state index is 0.596. The van der Waals surface area contributed by atoms with Gasteiger partial charge in [0, 0.05) is 18.4 Å². The Bertz CT molecular complexity index is 488. The second kappa shape index (κ2) is 3.95. The largest absolute Gasteiger partial charge is 0.330 e. The number of hydrogen-bond donors (Lipinski definition) is 2. The first-order valence-electron chi connectivity index (χ1n) is 4.54. The Morgan fingerprint density at radius 1 is 1.36 bits per heavy atom. The summed E-state index contributed by atoms with van der Waals surface area (Å²) in [7, 11) is 0. The molecule has 70 valence electrons. The van der Waals surface area contributed by atoms with Gasteiger partial charge in [0.2, 0.25) is 0 Å². The summed E-state index contributed by atoms with van der Waals surface area (Å²) in [5.41, 5.74) is 7.17. The van der Waals surface area contributed by atoms with E-state index in [-0.39, 0.29) is 0 Å². The van der Waals surface area contributed by atoms with Gasteiger partial charge in [0.05, 0.1) is 5.52 Å². The summed E-state index contributed by atoms with van der Waals surface area (Å²) in [6.07, 6.45) is 0.716. The summed E-state index contributed by atoms with van der Waals surface area (Å²) in [4.78, 5) is 0. The first kappa shape index (κ1) is 8.79. The number of fused-ring (bicyclic) bond motifs is 1. The van der Waals surface area contributed by atoms with E-state index in [4.69, 9.17) is 5.73 Å². The normalized spacial score (nSPS) is 9.79. The maximum absolute atomic E-state index is 5.35. The number of hydrogen-bond acceptors (Lipinski definition) is 2. The van der Waals surface area contributed by atoms with Crippen LogP contribution in [0.5, 0.6) is 0 Å². The average Bonchev–Trinajstić information content (AvgIpc) is 2.63. The fourth-order valence-corrected chi connectivity index (χ4v) is 1.28. The van der Waals surface area contributed by atoms with Crippen LogP contribution in [0.2, 0.25) is 0 Å². The zero-order valence-electron chi connectivity index (χ0n) is 7.75. The molecule has 2 rings (SSSR count). The molecule has 1 aromatic heterocycles. The summed E-state index contributed by atoms with van der Waals surface area (Å²) < 4.78 is 0. The van der Waals surface area contributed by atoms with Crippen molar-refractivity contribution in [2.45, 2.75) is 6.42 Å². The molecule has 0 unspecified atom stereocenters. The Balaban J connectivity index is 2.40. The Morgan fingerprint density at radius 2 is 2.21 bits per heavy atom. The highest BCUT2D eigenvalue weighted by Crippen LogP contribution is 2.13. The van der Waals surface area contributed by atoms with Crippen molar-refractivity contribution in [3.05, 3.63) is 30.0 Å². The maximum Gasteiger partial charge on any atom is 0.115 e. The van der Waals surface area contributed by atoms with Crippen molar-refractivity contribution in [3.8, 4) is 11.8 Å². The predicted octanol–water partition coefficient (Wildman–Crippen LogP) is 1.26. The minimum atomic E-state index is 0.596. The number of nitrogens with zero attached hydrogens (tertiary/aromatic N) is 1. The lowest BCUT2D eigenvalue weighted by Gasteiger charge is -1.85. The van der Waals surface area contributed by atoms with Crippen LogP contribution < -0.4 is 5.73 Å². The molecule has 0 bridgehead atoms. The van der Waals surface area contributed by atoms with Gasteiger partial charge in [-0.1, -0.05) is 18.1 Å². The van der Waals surface area contributed by atoms with Crippen LogP contribution >= 0.6 is 0 Å².